The molecular weight excluding hydrogens is 254 g/mol. The Hall–Kier alpha value is -0.530. The number of nitrogens with two attached hydrogens (primary N) is 1. The maximum absolute atomic E-state index is 6.09. The molecule has 19 heavy (non-hydrogen) atoms. The second-order valence-corrected chi connectivity index (χ2v) is 6.84. The first-order valence-electron chi connectivity index (χ1n) is 7.54. The second kappa shape index (κ2) is 6.76. The summed E-state index contributed by atoms with van der Waals surface area (Å²) in [6.07, 6.45) is 5.11. The number of halogens is 1. The molecule has 0 amide bonds. The zero-order chi connectivity index (χ0) is 13.8. The van der Waals surface area contributed by atoms with Gasteiger partial charge in [0, 0.05) is 5.02 Å². The average molecular weight is 280 g/mol. The van der Waals surface area contributed by atoms with Crippen molar-refractivity contribution >= 4 is 11.6 Å². The Morgan fingerprint density at radius 2 is 2.05 bits per heavy atom. The fourth-order valence-electron chi connectivity index (χ4n) is 3.50. The minimum Gasteiger partial charge on any atom is -0.330 e. The van der Waals surface area contributed by atoms with E-state index in [9.17, 15) is 0 Å². The lowest BCUT2D eigenvalue weighted by Gasteiger charge is -2.37. The van der Waals surface area contributed by atoms with Gasteiger partial charge in [-0.2, -0.15) is 0 Å². The molecule has 1 aliphatic rings. The normalized spacial score (nSPS) is 27.7. The van der Waals surface area contributed by atoms with Crippen molar-refractivity contribution in [1.29, 1.82) is 0 Å². The molecule has 0 saturated heterocycles. The summed E-state index contributed by atoms with van der Waals surface area (Å²) < 4.78 is 0. The van der Waals surface area contributed by atoms with Gasteiger partial charge in [-0.3, -0.25) is 0 Å². The first-order valence-corrected chi connectivity index (χ1v) is 7.92. The van der Waals surface area contributed by atoms with Crippen LogP contribution in [0.3, 0.4) is 0 Å². The van der Waals surface area contributed by atoms with Crippen LogP contribution in [-0.2, 0) is 6.42 Å². The molecule has 1 saturated carbocycles. The minimum absolute atomic E-state index is 0.689. The van der Waals surface area contributed by atoms with Crippen LogP contribution >= 0.6 is 11.6 Å². The molecule has 1 aromatic rings. The van der Waals surface area contributed by atoms with Crippen molar-refractivity contribution in [3.63, 3.8) is 0 Å². The van der Waals surface area contributed by atoms with Gasteiger partial charge in [0.25, 0.3) is 0 Å². The summed E-state index contributed by atoms with van der Waals surface area (Å²) in [6, 6.07) is 8.30. The summed E-state index contributed by atoms with van der Waals surface area (Å²) in [6.45, 7) is 5.53. The first kappa shape index (κ1) is 14.9. The van der Waals surface area contributed by atoms with Crippen molar-refractivity contribution in [2.45, 2.75) is 39.5 Å². The predicted octanol–water partition coefficient (Wildman–Crippen LogP) is 4.53. The SMILES string of the molecule is CC(C)C1CCC(CN)C(Cc2cccc(Cl)c2)C1. The van der Waals surface area contributed by atoms with Gasteiger partial charge in [-0.15, -0.1) is 0 Å². The zero-order valence-electron chi connectivity index (χ0n) is 12.1. The first-order chi connectivity index (χ1) is 9.10. The standard InChI is InChI=1S/C17H26ClN/c1-12(2)14-6-7-15(11-19)16(10-14)8-13-4-3-5-17(18)9-13/h3-5,9,12,14-16H,6-8,10-11,19H2,1-2H3. The largest absolute Gasteiger partial charge is 0.330 e. The van der Waals surface area contributed by atoms with Crippen molar-refractivity contribution in [1.82, 2.24) is 0 Å². The Morgan fingerprint density at radius 3 is 2.68 bits per heavy atom. The molecule has 0 aromatic heterocycles. The molecule has 3 unspecified atom stereocenters. The van der Waals surface area contributed by atoms with Crippen LogP contribution in [0.5, 0.6) is 0 Å². The fraction of sp³-hybridized carbons (Fsp3) is 0.647. The van der Waals surface area contributed by atoms with Crippen LogP contribution in [0.4, 0.5) is 0 Å². The summed E-state index contributed by atoms with van der Waals surface area (Å²) in [7, 11) is 0. The highest BCUT2D eigenvalue weighted by molar-refractivity contribution is 6.30. The molecule has 1 aliphatic carbocycles. The van der Waals surface area contributed by atoms with Crippen LogP contribution < -0.4 is 5.73 Å². The third kappa shape index (κ3) is 3.97. The van der Waals surface area contributed by atoms with E-state index >= 15 is 0 Å². The van der Waals surface area contributed by atoms with Crippen LogP contribution in [0, 0.1) is 23.7 Å². The van der Waals surface area contributed by atoms with E-state index in [2.05, 4.69) is 32.0 Å². The summed E-state index contributed by atoms with van der Waals surface area (Å²) in [5.74, 6) is 3.08. The molecule has 3 atom stereocenters. The van der Waals surface area contributed by atoms with Crippen molar-refractivity contribution in [2.24, 2.45) is 29.4 Å². The van der Waals surface area contributed by atoms with Crippen molar-refractivity contribution in [3.05, 3.63) is 34.9 Å². The molecule has 0 spiro atoms. The van der Waals surface area contributed by atoms with Gasteiger partial charge in [0.2, 0.25) is 0 Å². The van der Waals surface area contributed by atoms with E-state index in [-0.39, 0.29) is 0 Å². The monoisotopic (exact) mass is 279 g/mol. The molecule has 1 nitrogen and oxygen atoms in total. The van der Waals surface area contributed by atoms with Gasteiger partial charge in [0.05, 0.1) is 0 Å². The molecule has 0 heterocycles. The molecular formula is C17H26ClN. The van der Waals surface area contributed by atoms with Gasteiger partial charge in [-0.1, -0.05) is 37.6 Å². The highest BCUT2D eigenvalue weighted by atomic mass is 35.5. The quantitative estimate of drug-likeness (QED) is 0.861. The molecule has 0 aliphatic heterocycles. The maximum atomic E-state index is 6.09. The summed E-state index contributed by atoms with van der Waals surface area (Å²) in [5.41, 5.74) is 7.33. The van der Waals surface area contributed by atoms with Gasteiger partial charge in [-0.05, 0) is 73.6 Å². The van der Waals surface area contributed by atoms with Crippen molar-refractivity contribution < 1.29 is 0 Å². The van der Waals surface area contributed by atoms with E-state index in [0.29, 0.717) is 5.92 Å². The smallest absolute Gasteiger partial charge is 0.0408 e. The van der Waals surface area contributed by atoms with E-state index in [1.165, 1.54) is 24.8 Å². The van der Waals surface area contributed by atoms with Crippen LogP contribution in [0.15, 0.2) is 24.3 Å². The maximum Gasteiger partial charge on any atom is 0.0408 e. The summed E-state index contributed by atoms with van der Waals surface area (Å²) in [5, 5.41) is 0.845. The Labute approximate surface area is 122 Å². The highest BCUT2D eigenvalue weighted by Gasteiger charge is 2.30. The molecule has 106 valence electrons. The topological polar surface area (TPSA) is 26.0 Å². The Balaban J connectivity index is 2.06. The lowest BCUT2D eigenvalue weighted by Crippen LogP contribution is -2.33. The number of hydrogen-bond acceptors (Lipinski definition) is 1. The van der Waals surface area contributed by atoms with Gasteiger partial charge < -0.3 is 5.73 Å². The van der Waals surface area contributed by atoms with Crippen LogP contribution in [0.25, 0.3) is 0 Å². The van der Waals surface area contributed by atoms with Crippen LogP contribution in [0.2, 0.25) is 5.02 Å². The number of rotatable bonds is 4. The molecule has 0 radical (unpaired) electrons. The zero-order valence-corrected chi connectivity index (χ0v) is 12.9. The van der Waals surface area contributed by atoms with Crippen molar-refractivity contribution in [2.75, 3.05) is 6.54 Å². The molecule has 1 aromatic carbocycles. The fourth-order valence-corrected chi connectivity index (χ4v) is 3.71. The predicted molar refractivity (Wildman–Crippen MR) is 83.4 cm³/mol. The molecule has 0 bridgehead atoms. The Kier molecular flexibility index (Phi) is 5.29. The third-order valence-corrected chi connectivity index (χ3v) is 5.05. The van der Waals surface area contributed by atoms with E-state index in [4.69, 9.17) is 17.3 Å². The average Bonchev–Trinajstić information content (AvgIpc) is 2.38. The molecule has 2 N–H and O–H groups in total. The van der Waals surface area contributed by atoms with Gasteiger partial charge in [-0.25, -0.2) is 0 Å². The Bertz CT molecular complexity index is 402. The highest BCUT2D eigenvalue weighted by Crippen LogP contribution is 2.38. The molecule has 1 fully saturated rings. The van der Waals surface area contributed by atoms with Crippen LogP contribution in [-0.4, -0.2) is 6.54 Å². The van der Waals surface area contributed by atoms with Crippen molar-refractivity contribution in [3.8, 4) is 0 Å². The number of hydrogen-bond donors (Lipinski definition) is 1. The van der Waals surface area contributed by atoms with Crippen LogP contribution in [0.1, 0.15) is 38.7 Å². The summed E-state index contributed by atoms with van der Waals surface area (Å²) in [4.78, 5) is 0. The molecule has 2 rings (SSSR count). The van der Waals surface area contributed by atoms with E-state index < -0.39 is 0 Å². The molecule has 2 heteroatoms. The second-order valence-electron chi connectivity index (χ2n) is 6.41. The van der Waals surface area contributed by atoms with Gasteiger partial charge in [0.15, 0.2) is 0 Å². The van der Waals surface area contributed by atoms with Gasteiger partial charge in [0.1, 0.15) is 0 Å². The lowest BCUT2D eigenvalue weighted by molar-refractivity contribution is 0.151. The number of benzene rings is 1. The Morgan fingerprint density at radius 1 is 1.26 bits per heavy atom. The van der Waals surface area contributed by atoms with E-state index in [1.807, 2.05) is 6.07 Å². The lowest BCUT2D eigenvalue weighted by atomic mass is 9.69. The van der Waals surface area contributed by atoms with Gasteiger partial charge >= 0.3 is 0 Å². The minimum atomic E-state index is 0.689. The summed E-state index contributed by atoms with van der Waals surface area (Å²) >= 11 is 6.09. The van der Waals surface area contributed by atoms with E-state index in [1.54, 1.807) is 0 Å². The van der Waals surface area contributed by atoms with E-state index in [0.717, 1.165) is 35.7 Å². The third-order valence-electron chi connectivity index (χ3n) is 4.81.